The molecule has 7 heteroatoms. The lowest BCUT2D eigenvalue weighted by atomic mass is 10.4. The van der Waals surface area contributed by atoms with Crippen molar-refractivity contribution in [2.45, 2.75) is 0 Å². The molecule has 0 radical (unpaired) electrons. The molecule has 0 aliphatic heterocycles. The summed E-state index contributed by atoms with van der Waals surface area (Å²) in [5, 5.41) is 8.23. The topological polar surface area (TPSA) is 115 Å². The fourth-order valence-electron chi connectivity index (χ4n) is 0.652. The first-order valence-electron chi connectivity index (χ1n) is 3.13. The van der Waals surface area contributed by atoms with Crippen molar-refractivity contribution in [3.63, 3.8) is 0 Å². The van der Waals surface area contributed by atoms with Crippen molar-refractivity contribution in [2.75, 3.05) is 0 Å². The van der Waals surface area contributed by atoms with E-state index in [0.29, 0.717) is 0 Å². The number of amides is 1. The van der Waals surface area contributed by atoms with Crippen LogP contribution in [0, 0.1) is 0 Å². The van der Waals surface area contributed by atoms with E-state index in [4.69, 9.17) is 10.8 Å². The van der Waals surface area contributed by atoms with Crippen LogP contribution >= 0.6 is 0 Å². The van der Waals surface area contributed by atoms with Gasteiger partial charge in [0.1, 0.15) is 0 Å². The number of carboxylic acid groups (broad SMARTS) is 1. The summed E-state index contributed by atoms with van der Waals surface area (Å²) in [5.41, 5.74) is 4.56. The van der Waals surface area contributed by atoms with Gasteiger partial charge in [0.15, 0.2) is 5.69 Å². The Labute approximate surface area is 72.2 Å². The summed E-state index contributed by atoms with van der Waals surface area (Å²) in [5.74, 6) is -1.31. The Morgan fingerprint density at radius 3 is 2.54 bits per heavy atom. The van der Waals surface area contributed by atoms with Crippen molar-refractivity contribution in [3.05, 3.63) is 18.1 Å². The quantitative estimate of drug-likeness (QED) is 0.604. The van der Waals surface area contributed by atoms with Gasteiger partial charge in [-0.1, -0.05) is 0 Å². The molecule has 0 unspecified atom stereocenters. The Hall–Kier alpha value is -2.18. The number of primary amides is 1. The normalized spacial score (nSPS) is 9.23. The average Bonchev–Trinajstić information content (AvgIpc) is 2.03. The van der Waals surface area contributed by atoms with Crippen LogP contribution in [0.15, 0.2) is 12.4 Å². The summed E-state index contributed by atoms with van der Waals surface area (Å²) >= 11 is 0. The van der Waals surface area contributed by atoms with Gasteiger partial charge in [-0.25, -0.2) is 14.8 Å². The minimum absolute atomic E-state index is 0.315. The van der Waals surface area contributed by atoms with Crippen molar-refractivity contribution in [1.82, 2.24) is 9.97 Å². The Morgan fingerprint density at radius 2 is 2.00 bits per heavy atom. The molecule has 0 spiro atoms. The second kappa shape index (κ2) is 3.48. The van der Waals surface area contributed by atoms with E-state index in [-0.39, 0.29) is 5.69 Å². The molecule has 1 rings (SSSR count). The van der Waals surface area contributed by atoms with Crippen molar-refractivity contribution < 1.29 is 19.4 Å². The predicted molar refractivity (Wildman–Crippen MR) is 39.2 cm³/mol. The first kappa shape index (κ1) is 8.91. The van der Waals surface area contributed by atoms with Crippen molar-refractivity contribution >= 4 is 12.1 Å². The summed E-state index contributed by atoms with van der Waals surface area (Å²) < 4.78 is 4.15. The zero-order valence-corrected chi connectivity index (χ0v) is 6.30. The number of carbonyl (C=O) groups is 2. The first-order chi connectivity index (χ1) is 6.11. The van der Waals surface area contributed by atoms with Crippen LogP contribution in [0.1, 0.15) is 10.5 Å². The number of hydrogen-bond acceptors (Lipinski definition) is 5. The fraction of sp³-hybridized carbons (Fsp3) is 0. The first-order valence-corrected chi connectivity index (χ1v) is 3.13. The highest BCUT2D eigenvalue weighted by atomic mass is 16.7. The lowest BCUT2D eigenvalue weighted by Crippen LogP contribution is -2.17. The molecule has 1 amide bonds. The molecule has 0 aliphatic rings. The SMILES string of the molecule is NC(=O)c1nccnc1OC(=O)O. The molecule has 13 heavy (non-hydrogen) atoms. The molecule has 0 atom stereocenters. The highest BCUT2D eigenvalue weighted by molar-refractivity contribution is 5.93. The van der Waals surface area contributed by atoms with Gasteiger partial charge < -0.3 is 15.6 Å². The number of rotatable bonds is 2. The van der Waals surface area contributed by atoms with E-state index in [2.05, 4.69) is 14.7 Å². The van der Waals surface area contributed by atoms with Crippen LogP contribution in [0.4, 0.5) is 4.79 Å². The van der Waals surface area contributed by atoms with E-state index < -0.39 is 17.9 Å². The van der Waals surface area contributed by atoms with Crippen LogP contribution in [0.3, 0.4) is 0 Å². The van der Waals surface area contributed by atoms with Crippen LogP contribution in [-0.2, 0) is 0 Å². The molecule has 68 valence electrons. The molecule has 0 aromatic carbocycles. The maximum Gasteiger partial charge on any atom is 0.512 e. The number of ether oxygens (including phenoxy) is 1. The lowest BCUT2D eigenvalue weighted by Gasteiger charge is -2.00. The largest absolute Gasteiger partial charge is 0.512 e. The van der Waals surface area contributed by atoms with Crippen molar-refractivity contribution in [2.24, 2.45) is 5.73 Å². The summed E-state index contributed by atoms with van der Waals surface area (Å²) in [6.07, 6.45) is 0.808. The van der Waals surface area contributed by atoms with Gasteiger partial charge >= 0.3 is 6.16 Å². The molecule has 0 saturated heterocycles. The summed E-state index contributed by atoms with van der Waals surface area (Å²) in [7, 11) is 0. The second-order valence-corrected chi connectivity index (χ2v) is 1.94. The van der Waals surface area contributed by atoms with Crippen LogP contribution in [0.25, 0.3) is 0 Å². The highest BCUT2D eigenvalue weighted by Crippen LogP contribution is 2.09. The number of carbonyl (C=O) groups excluding carboxylic acids is 1. The fourth-order valence-corrected chi connectivity index (χ4v) is 0.652. The Bertz CT molecular complexity index is 351. The molecular weight excluding hydrogens is 178 g/mol. The summed E-state index contributed by atoms with van der Waals surface area (Å²) in [6.45, 7) is 0. The average molecular weight is 183 g/mol. The Balaban J connectivity index is 3.04. The molecule has 0 saturated carbocycles. The molecule has 0 bridgehead atoms. The molecule has 7 nitrogen and oxygen atoms in total. The monoisotopic (exact) mass is 183 g/mol. The smallest absolute Gasteiger partial charge is 0.449 e. The third-order valence-electron chi connectivity index (χ3n) is 1.08. The molecule has 1 aromatic heterocycles. The van der Waals surface area contributed by atoms with Gasteiger partial charge in [-0.2, -0.15) is 0 Å². The molecular formula is C6H5N3O4. The van der Waals surface area contributed by atoms with Gasteiger partial charge in [0.25, 0.3) is 11.8 Å². The molecule has 0 aliphatic carbocycles. The molecule has 1 aromatic rings. The molecule has 1 heterocycles. The van der Waals surface area contributed by atoms with Crippen LogP contribution in [-0.4, -0.2) is 27.1 Å². The van der Waals surface area contributed by atoms with Crippen molar-refractivity contribution in [3.8, 4) is 5.88 Å². The zero-order chi connectivity index (χ0) is 9.84. The van der Waals surface area contributed by atoms with E-state index in [1.165, 1.54) is 12.4 Å². The highest BCUT2D eigenvalue weighted by Gasteiger charge is 2.14. The van der Waals surface area contributed by atoms with Gasteiger partial charge in [-0.15, -0.1) is 0 Å². The minimum Gasteiger partial charge on any atom is -0.449 e. The Morgan fingerprint density at radius 1 is 1.38 bits per heavy atom. The number of nitrogens with zero attached hydrogens (tertiary/aromatic N) is 2. The maximum atomic E-state index is 10.7. The third kappa shape index (κ3) is 2.12. The van der Waals surface area contributed by atoms with Crippen LogP contribution < -0.4 is 10.5 Å². The van der Waals surface area contributed by atoms with E-state index in [1.807, 2.05) is 0 Å². The van der Waals surface area contributed by atoms with Crippen molar-refractivity contribution in [1.29, 1.82) is 0 Å². The number of nitrogens with two attached hydrogens (primary N) is 1. The van der Waals surface area contributed by atoms with E-state index in [9.17, 15) is 9.59 Å². The second-order valence-electron chi connectivity index (χ2n) is 1.94. The molecule has 0 fully saturated rings. The van der Waals surface area contributed by atoms with Gasteiger partial charge in [0.2, 0.25) is 0 Å². The maximum absolute atomic E-state index is 10.7. The van der Waals surface area contributed by atoms with Gasteiger partial charge in [-0.05, 0) is 0 Å². The molecule has 3 N–H and O–H groups in total. The lowest BCUT2D eigenvalue weighted by molar-refractivity contribution is 0.0989. The minimum atomic E-state index is -1.58. The van der Waals surface area contributed by atoms with Gasteiger partial charge in [0.05, 0.1) is 0 Å². The predicted octanol–water partition coefficient (Wildman–Crippen LogP) is -0.368. The summed E-state index contributed by atoms with van der Waals surface area (Å²) in [4.78, 5) is 27.7. The van der Waals surface area contributed by atoms with Gasteiger partial charge in [0, 0.05) is 12.4 Å². The van der Waals surface area contributed by atoms with Crippen LogP contribution in [0.2, 0.25) is 0 Å². The van der Waals surface area contributed by atoms with E-state index in [1.54, 1.807) is 0 Å². The van der Waals surface area contributed by atoms with E-state index in [0.717, 1.165) is 0 Å². The van der Waals surface area contributed by atoms with E-state index >= 15 is 0 Å². The number of hydrogen-bond donors (Lipinski definition) is 2. The summed E-state index contributed by atoms with van der Waals surface area (Å²) in [6, 6.07) is 0. The standard InChI is InChI=1S/C6H5N3O4/c7-4(10)3-5(13-6(11)12)9-2-1-8-3/h1-2H,(H2,7,10)(H,11,12). The zero-order valence-electron chi connectivity index (χ0n) is 6.30. The van der Waals surface area contributed by atoms with Crippen LogP contribution in [0.5, 0.6) is 5.88 Å². The van der Waals surface area contributed by atoms with Gasteiger partial charge in [-0.3, -0.25) is 4.79 Å². The Kier molecular flexibility index (Phi) is 2.38. The number of aromatic nitrogens is 2. The third-order valence-corrected chi connectivity index (χ3v) is 1.08.